The Morgan fingerprint density at radius 2 is 2.11 bits per heavy atom. The number of aromatic amines is 1. The highest BCUT2D eigenvalue weighted by Gasteiger charge is 2.28. The molecule has 1 aliphatic rings. The summed E-state index contributed by atoms with van der Waals surface area (Å²) in [6.07, 6.45) is 4.73. The molecule has 1 fully saturated rings. The van der Waals surface area contributed by atoms with E-state index in [0.717, 1.165) is 36.3 Å². The Balaban J connectivity index is 1.54. The highest BCUT2D eigenvalue weighted by molar-refractivity contribution is 5.80. The second-order valence-corrected chi connectivity index (χ2v) is 4.94. The summed E-state index contributed by atoms with van der Waals surface area (Å²) in [5.41, 5.74) is 2.13. The van der Waals surface area contributed by atoms with Crippen LogP contribution in [0.4, 0.5) is 0 Å². The van der Waals surface area contributed by atoms with E-state index in [1.165, 1.54) is 0 Å². The first-order chi connectivity index (χ1) is 9.33. The van der Waals surface area contributed by atoms with Gasteiger partial charge >= 0.3 is 0 Å². The summed E-state index contributed by atoms with van der Waals surface area (Å²) >= 11 is 0. The standard InChI is InChI=1S/C15H17N3O/c19-15(12-6-7-12)16-9-8-13-10-17-14(18-13)11-4-2-1-3-5-11/h1-5,10,12H,6-9H2,(H,16,19)(H,17,18). The number of hydrogen-bond donors (Lipinski definition) is 2. The topological polar surface area (TPSA) is 57.8 Å². The van der Waals surface area contributed by atoms with Crippen LogP contribution in [0, 0.1) is 5.92 Å². The van der Waals surface area contributed by atoms with E-state index in [0.29, 0.717) is 6.54 Å². The Morgan fingerprint density at radius 3 is 2.84 bits per heavy atom. The van der Waals surface area contributed by atoms with Crippen LogP contribution in [0.1, 0.15) is 18.5 Å². The molecule has 3 rings (SSSR count). The number of rotatable bonds is 5. The summed E-state index contributed by atoms with van der Waals surface area (Å²) in [6.45, 7) is 0.672. The number of imidazole rings is 1. The van der Waals surface area contributed by atoms with E-state index < -0.39 is 0 Å². The molecule has 1 amide bonds. The molecule has 0 radical (unpaired) electrons. The lowest BCUT2D eigenvalue weighted by atomic mass is 10.2. The molecule has 2 aromatic rings. The lowest BCUT2D eigenvalue weighted by Gasteiger charge is -2.02. The van der Waals surface area contributed by atoms with Gasteiger partial charge in [0, 0.05) is 36.3 Å². The van der Waals surface area contributed by atoms with Crippen LogP contribution in [0.15, 0.2) is 36.5 Å². The summed E-state index contributed by atoms with van der Waals surface area (Å²) < 4.78 is 0. The molecule has 4 heteroatoms. The maximum absolute atomic E-state index is 11.5. The summed E-state index contributed by atoms with van der Waals surface area (Å²) in [6, 6.07) is 10.0. The van der Waals surface area contributed by atoms with Crippen molar-refractivity contribution < 1.29 is 4.79 Å². The molecule has 0 aliphatic heterocycles. The van der Waals surface area contributed by atoms with E-state index in [2.05, 4.69) is 15.3 Å². The molecule has 0 atom stereocenters. The molecule has 1 aromatic carbocycles. The van der Waals surface area contributed by atoms with E-state index in [1.807, 2.05) is 36.5 Å². The van der Waals surface area contributed by atoms with Crippen molar-refractivity contribution in [3.63, 3.8) is 0 Å². The molecule has 0 spiro atoms. The van der Waals surface area contributed by atoms with Crippen LogP contribution in [-0.2, 0) is 11.2 Å². The van der Waals surface area contributed by atoms with Crippen molar-refractivity contribution >= 4 is 5.91 Å². The maximum Gasteiger partial charge on any atom is 0.223 e. The molecule has 2 N–H and O–H groups in total. The smallest absolute Gasteiger partial charge is 0.223 e. The maximum atomic E-state index is 11.5. The predicted molar refractivity (Wildman–Crippen MR) is 73.5 cm³/mol. The average molecular weight is 255 g/mol. The van der Waals surface area contributed by atoms with E-state index in [-0.39, 0.29) is 11.8 Å². The summed E-state index contributed by atoms with van der Waals surface area (Å²) in [4.78, 5) is 19.1. The number of amides is 1. The number of benzene rings is 1. The van der Waals surface area contributed by atoms with Crippen LogP contribution in [0.3, 0.4) is 0 Å². The van der Waals surface area contributed by atoms with Gasteiger partial charge in [-0.1, -0.05) is 30.3 Å². The number of nitrogens with zero attached hydrogens (tertiary/aromatic N) is 1. The van der Waals surface area contributed by atoms with Gasteiger partial charge in [-0.05, 0) is 12.8 Å². The van der Waals surface area contributed by atoms with Gasteiger partial charge in [-0.25, -0.2) is 4.98 Å². The normalized spacial score (nSPS) is 14.3. The molecule has 1 heterocycles. The Labute approximate surface area is 112 Å². The zero-order valence-corrected chi connectivity index (χ0v) is 10.7. The first-order valence-corrected chi connectivity index (χ1v) is 6.70. The van der Waals surface area contributed by atoms with E-state index >= 15 is 0 Å². The molecule has 4 nitrogen and oxygen atoms in total. The number of carbonyl (C=O) groups excluding carboxylic acids is 1. The molecule has 1 saturated carbocycles. The van der Waals surface area contributed by atoms with Gasteiger partial charge in [-0.2, -0.15) is 0 Å². The molecular formula is C15H17N3O. The fourth-order valence-corrected chi connectivity index (χ4v) is 2.04. The van der Waals surface area contributed by atoms with Gasteiger partial charge in [0.15, 0.2) is 0 Å². The minimum Gasteiger partial charge on any atom is -0.355 e. The van der Waals surface area contributed by atoms with Crippen molar-refractivity contribution in [1.82, 2.24) is 15.3 Å². The Hall–Kier alpha value is -2.10. The Bertz CT molecular complexity index is 558. The fourth-order valence-electron chi connectivity index (χ4n) is 2.04. The second-order valence-electron chi connectivity index (χ2n) is 4.94. The molecule has 19 heavy (non-hydrogen) atoms. The number of H-pyrrole nitrogens is 1. The van der Waals surface area contributed by atoms with Gasteiger partial charge < -0.3 is 10.3 Å². The molecule has 1 aliphatic carbocycles. The minimum absolute atomic E-state index is 0.197. The quantitative estimate of drug-likeness (QED) is 0.860. The van der Waals surface area contributed by atoms with Crippen molar-refractivity contribution in [3.05, 3.63) is 42.2 Å². The molecular weight excluding hydrogens is 238 g/mol. The van der Waals surface area contributed by atoms with Gasteiger partial charge in [-0.3, -0.25) is 4.79 Å². The molecule has 0 saturated heterocycles. The van der Waals surface area contributed by atoms with Crippen molar-refractivity contribution in [2.24, 2.45) is 5.92 Å². The molecule has 0 bridgehead atoms. The zero-order chi connectivity index (χ0) is 13.1. The fraction of sp³-hybridized carbons (Fsp3) is 0.333. The van der Waals surface area contributed by atoms with Gasteiger partial charge in [0.2, 0.25) is 5.91 Å². The van der Waals surface area contributed by atoms with Crippen LogP contribution in [0.2, 0.25) is 0 Å². The van der Waals surface area contributed by atoms with Crippen LogP contribution in [0.5, 0.6) is 0 Å². The highest BCUT2D eigenvalue weighted by atomic mass is 16.2. The third-order valence-electron chi connectivity index (χ3n) is 3.32. The van der Waals surface area contributed by atoms with Crippen molar-refractivity contribution in [1.29, 1.82) is 0 Å². The SMILES string of the molecule is O=C(NCCc1cnc(-c2ccccc2)[nH]1)C1CC1. The molecule has 98 valence electrons. The number of hydrogen-bond acceptors (Lipinski definition) is 2. The van der Waals surface area contributed by atoms with Gasteiger partial charge in [-0.15, -0.1) is 0 Å². The van der Waals surface area contributed by atoms with Crippen LogP contribution in [-0.4, -0.2) is 22.4 Å². The molecule has 1 aromatic heterocycles. The first kappa shape index (κ1) is 12.0. The van der Waals surface area contributed by atoms with Crippen molar-refractivity contribution in [2.45, 2.75) is 19.3 Å². The zero-order valence-electron chi connectivity index (χ0n) is 10.7. The number of nitrogens with one attached hydrogen (secondary N) is 2. The molecule has 0 unspecified atom stereocenters. The largest absolute Gasteiger partial charge is 0.355 e. The van der Waals surface area contributed by atoms with Gasteiger partial charge in [0.05, 0.1) is 0 Å². The van der Waals surface area contributed by atoms with E-state index in [1.54, 1.807) is 0 Å². The van der Waals surface area contributed by atoms with Crippen molar-refractivity contribution in [3.8, 4) is 11.4 Å². The average Bonchev–Trinajstić information content (AvgIpc) is 3.20. The van der Waals surface area contributed by atoms with E-state index in [9.17, 15) is 4.79 Å². The Morgan fingerprint density at radius 1 is 1.32 bits per heavy atom. The number of carbonyl (C=O) groups is 1. The lowest BCUT2D eigenvalue weighted by Crippen LogP contribution is -2.26. The Kier molecular flexibility index (Phi) is 3.31. The summed E-state index contributed by atoms with van der Waals surface area (Å²) in [7, 11) is 0. The predicted octanol–water partition coefficient (Wildman–Crippen LogP) is 2.15. The van der Waals surface area contributed by atoms with Crippen LogP contribution >= 0.6 is 0 Å². The monoisotopic (exact) mass is 255 g/mol. The van der Waals surface area contributed by atoms with Crippen LogP contribution < -0.4 is 5.32 Å². The van der Waals surface area contributed by atoms with Gasteiger partial charge in [0.25, 0.3) is 0 Å². The van der Waals surface area contributed by atoms with Gasteiger partial charge in [0.1, 0.15) is 5.82 Å². The number of aromatic nitrogens is 2. The third kappa shape index (κ3) is 3.02. The summed E-state index contributed by atoms with van der Waals surface area (Å²) in [5.74, 6) is 1.36. The lowest BCUT2D eigenvalue weighted by molar-refractivity contribution is -0.122. The van der Waals surface area contributed by atoms with E-state index in [4.69, 9.17) is 0 Å². The van der Waals surface area contributed by atoms with Crippen LogP contribution in [0.25, 0.3) is 11.4 Å². The highest BCUT2D eigenvalue weighted by Crippen LogP contribution is 2.28. The second kappa shape index (κ2) is 5.26. The third-order valence-corrected chi connectivity index (χ3v) is 3.32. The summed E-state index contributed by atoms with van der Waals surface area (Å²) in [5, 5.41) is 2.96. The minimum atomic E-state index is 0.197. The first-order valence-electron chi connectivity index (χ1n) is 6.70. The van der Waals surface area contributed by atoms with Crippen molar-refractivity contribution in [2.75, 3.05) is 6.54 Å².